The van der Waals surface area contributed by atoms with Crippen LogP contribution in [0.5, 0.6) is 11.5 Å². The highest BCUT2D eigenvalue weighted by Gasteiger charge is 2.19. The number of aromatic nitrogens is 3. The molecule has 0 fully saturated rings. The lowest BCUT2D eigenvalue weighted by Crippen LogP contribution is -2.25. The SMILES string of the molecule is CCCNC(=O)CSc1nnc(-c2ccccc2OC)n1-c1ccc(OC)cc1. The Balaban J connectivity index is 2.00. The summed E-state index contributed by atoms with van der Waals surface area (Å²) in [6.45, 7) is 2.68. The number of amides is 1. The molecule has 3 rings (SSSR count). The van der Waals surface area contributed by atoms with Gasteiger partial charge >= 0.3 is 0 Å². The molecule has 29 heavy (non-hydrogen) atoms. The zero-order chi connectivity index (χ0) is 20.6. The van der Waals surface area contributed by atoms with E-state index in [4.69, 9.17) is 9.47 Å². The van der Waals surface area contributed by atoms with Crippen LogP contribution in [0.2, 0.25) is 0 Å². The van der Waals surface area contributed by atoms with E-state index in [2.05, 4.69) is 15.5 Å². The first-order valence-electron chi connectivity index (χ1n) is 9.30. The summed E-state index contributed by atoms with van der Waals surface area (Å²) >= 11 is 1.34. The normalized spacial score (nSPS) is 10.6. The quantitative estimate of drug-likeness (QED) is 0.542. The molecule has 0 saturated heterocycles. The van der Waals surface area contributed by atoms with E-state index in [1.807, 2.05) is 60.0 Å². The predicted octanol–water partition coefficient (Wildman–Crippen LogP) is 3.57. The zero-order valence-corrected chi connectivity index (χ0v) is 17.5. The van der Waals surface area contributed by atoms with Gasteiger partial charge in [0.15, 0.2) is 11.0 Å². The highest BCUT2D eigenvalue weighted by atomic mass is 32.2. The smallest absolute Gasteiger partial charge is 0.230 e. The number of carbonyl (C=O) groups excluding carboxylic acids is 1. The summed E-state index contributed by atoms with van der Waals surface area (Å²) in [4.78, 5) is 12.1. The standard InChI is InChI=1S/C21H24N4O3S/c1-4-13-22-19(26)14-29-21-24-23-20(17-7-5-6-8-18(17)28-3)25(21)15-9-11-16(27-2)12-10-15/h5-12H,4,13-14H2,1-3H3,(H,22,26). The molecule has 8 heteroatoms. The monoisotopic (exact) mass is 412 g/mol. The topological polar surface area (TPSA) is 78.3 Å². The molecule has 0 aliphatic heterocycles. The van der Waals surface area contributed by atoms with Gasteiger partial charge in [0.1, 0.15) is 11.5 Å². The molecule has 0 unspecified atom stereocenters. The van der Waals surface area contributed by atoms with E-state index >= 15 is 0 Å². The Labute approximate surface area is 174 Å². The number of nitrogens with one attached hydrogen (secondary N) is 1. The van der Waals surface area contributed by atoms with Crippen LogP contribution >= 0.6 is 11.8 Å². The number of thioether (sulfide) groups is 1. The van der Waals surface area contributed by atoms with Gasteiger partial charge in [-0.15, -0.1) is 10.2 Å². The molecule has 0 radical (unpaired) electrons. The Morgan fingerprint density at radius 1 is 1.07 bits per heavy atom. The van der Waals surface area contributed by atoms with E-state index in [9.17, 15) is 4.79 Å². The summed E-state index contributed by atoms with van der Waals surface area (Å²) in [5, 5.41) is 12.3. The third-order valence-electron chi connectivity index (χ3n) is 4.22. The van der Waals surface area contributed by atoms with Crippen molar-refractivity contribution in [2.24, 2.45) is 0 Å². The average molecular weight is 413 g/mol. The van der Waals surface area contributed by atoms with Gasteiger partial charge in [-0.05, 0) is 42.8 Å². The minimum absolute atomic E-state index is 0.0278. The van der Waals surface area contributed by atoms with Crippen LogP contribution < -0.4 is 14.8 Å². The fraction of sp³-hybridized carbons (Fsp3) is 0.286. The fourth-order valence-corrected chi connectivity index (χ4v) is 3.56. The lowest BCUT2D eigenvalue weighted by molar-refractivity contribution is -0.118. The van der Waals surface area contributed by atoms with Crippen LogP contribution in [0.3, 0.4) is 0 Å². The first-order chi connectivity index (χ1) is 14.2. The summed E-state index contributed by atoms with van der Waals surface area (Å²) < 4.78 is 12.7. The number of ether oxygens (including phenoxy) is 2. The van der Waals surface area contributed by atoms with E-state index in [-0.39, 0.29) is 11.7 Å². The number of hydrogen-bond donors (Lipinski definition) is 1. The predicted molar refractivity (Wildman–Crippen MR) is 114 cm³/mol. The van der Waals surface area contributed by atoms with Gasteiger partial charge in [0, 0.05) is 6.54 Å². The molecular formula is C21H24N4O3S. The summed E-state index contributed by atoms with van der Waals surface area (Å²) in [5.41, 5.74) is 1.69. The van der Waals surface area contributed by atoms with Crippen molar-refractivity contribution in [3.05, 3.63) is 48.5 Å². The van der Waals surface area contributed by atoms with Crippen LogP contribution in [-0.4, -0.2) is 47.2 Å². The van der Waals surface area contributed by atoms with Crippen molar-refractivity contribution in [2.45, 2.75) is 18.5 Å². The second kappa shape index (κ2) is 9.97. The van der Waals surface area contributed by atoms with Crippen molar-refractivity contribution in [2.75, 3.05) is 26.5 Å². The third kappa shape index (κ3) is 4.89. The van der Waals surface area contributed by atoms with Crippen molar-refractivity contribution >= 4 is 17.7 Å². The molecule has 0 spiro atoms. The Hall–Kier alpha value is -3.00. The van der Waals surface area contributed by atoms with E-state index in [1.54, 1.807) is 14.2 Å². The van der Waals surface area contributed by atoms with E-state index < -0.39 is 0 Å². The van der Waals surface area contributed by atoms with Gasteiger partial charge in [-0.2, -0.15) is 0 Å². The van der Waals surface area contributed by atoms with Gasteiger partial charge in [0.2, 0.25) is 5.91 Å². The van der Waals surface area contributed by atoms with Gasteiger partial charge in [0.05, 0.1) is 31.2 Å². The average Bonchev–Trinajstić information content (AvgIpc) is 3.19. The lowest BCUT2D eigenvalue weighted by Gasteiger charge is -2.13. The van der Waals surface area contributed by atoms with Crippen molar-refractivity contribution in [3.63, 3.8) is 0 Å². The zero-order valence-electron chi connectivity index (χ0n) is 16.7. The van der Waals surface area contributed by atoms with Gasteiger partial charge in [-0.25, -0.2) is 0 Å². The molecule has 7 nitrogen and oxygen atoms in total. The minimum atomic E-state index is -0.0278. The minimum Gasteiger partial charge on any atom is -0.497 e. The van der Waals surface area contributed by atoms with E-state index in [0.29, 0.717) is 23.3 Å². The third-order valence-corrected chi connectivity index (χ3v) is 5.15. The summed E-state index contributed by atoms with van der Waals surface area (Å²) in [6.07, 6.45) is 0.899. The van der Waals surface area contributed by atoms with Crippen LogP contribution in [0, 0.1) is 0 Å². The second-order valence-corrected chi connectivity index (χ2v) is 7.12. The second-order valence-electron chi connectivity index (χ2n) is 6.18. The molecule has 1 aromatic heterocycles. The Kier molecular flexibility index (Phi) is 7.13. The summed E-state index contributed by atoms with van der Waals surface area (Å²) in [6, 6.07) is 15.3. The largest absolute Gasteiger partial charge is 0.497 e. The molecule has 2 aromatic carbocycles. The van der Waals surface area contributed by atoms with Crippen molar-refractivity contribution in [1.82, 2.24) is 20.1 Å². The first-order valence-corrected chi connectivity index (χ1v) is 10.3. The maximum Gasteiger partial charge on any atom is 0.230 e. The van der Waals surface area contributed by atoms with Crippen LogP contribution in [0.1, 0.15) is 13.3 Å². The maximum absolute atomic E-state index is 12.1. The number of para-hydroxylation sites is 1. The lowest BCUT2D eigenvalue weighted by atomic mass is 10.2. The fourth-order valence-electron chi connectivity index (χ4n) is 2.78. The highest BCUT2D eigenvalue weighted by molar-refractivity contribution is 7.99. The van der Waals surface area contributed by atoms with Crippen molar-refractivity contribution in [3.8, 4) is 28.6 Å². The first kappa shape index (κ1) is 20.7. The molecule has 3 aromatic rings. The molecule has 0 aliphatic rings. The maximum atomic E-state index is 12.1. The van der Waals surface area contributed by atoms with Crippen molar-refractivity contribution in [1.29, 1.82) is 0 Å². The molecule has 0 aliphatic carbocycles. The summed E-state index contributed by atoms with van der Waals surface area (Å²) in [5.74, 6) is 2.34. The molecule has 0 bridgehead atoms. The Morgan fingerprint density at radius 2 is 1.83 bits per heavy atom. The highest BCUT2D eigenvalue weighted by Crippen LogP contribution is 2.33. The molecule has 1 heterocycles. The number of hydrogen-bond acceptors (Lipinski definition) is 6. The van der Waals surface area contributed by atoms with Crippen molar-refractivity contribution < 1.29 is 14.3 Å². The van der Waals surface area contributed by atoms with E-state index in [1.165, 1.54) is 11.8 Å². The summed E-state index contributed by atoms with van der Waals surface area (Å²) in [7, 11) is 3.25. The molecule has 152 valence electrons. The van der Waals surface area contributed by atoms with Crippen LogP contribution in [-0.2, 0) is 4.79 Å². The molecule has 1 amide bonds. The van der Waals surface area contributed by atoms with Crippen LogP contribution in [0.25, 0.3) is 17.1 Å². The number of rotatable bonds is 9. The number of methoxy groups -OCH3 is 2. The molecule has 0 saturated carbocycles. The van der Waals surface area contributed by atoms with Gasteiger partial charge in [-0.1, -0.05) is 30.8 Å². The number of carbonyl (C=O) groups is 1. The van der Waals surface area contributed by atoms with Gasteiger partial charge in [-0.3, -0.25) is 9.36 Å². The van der Waals surface area contributed by atoms with Crippen LogP contribution in [0.4, 0.5) is 0 Å². The number of nitrogens with zero attached hydrogens (tertiary/aromatic N) is 3. The molecule has 0 atom stereocenters. The number of benzene rings is 2. The van der Waals surface area contributed by atoms with Crippen LogP contribution in [0.15, 0.2) is 53.7 Å². The van der Waals surface area contributed by atoms with E-state index in [0.717, 1.165) is 23.4 Å². The Bertz CT molecular complexity index is 957. The molecular weight excluding hydrogens is 388 g/mol. The Morgan fingerprint density at radius 3 is 2.52 bits per heavy atom. The molecule has 1 N–H and O–H groups in total. The van der Waals surface area contributed by atoms with Gasteiger partial charge < -0.3 is 14.8 Å². The van der Waals surface area contributed by atoms with Gasteiger partial charge in [0.25, 0.3) is 0 Å².